The van der Waals surface area contributed by atoms with Gasteiger partial charge in [0.1, 0.15) is 17.4 Å². The van der Waals surface area contributed by atoms with Gasteiger partial charge in [-0.2, -0.15) is 5.26 Å². The molecule has 7 heteroatoms. The number of esters is 2. The van der Waals surface area contributed by atoms with Crippen molar-refractivity contribution in [2.75, 3.05) is 20.3 Å². The molecule has 2 aromatic carbocycles. The van der Waals surface area contributed by atoms with E-state index in [1.807, 2.05) is 30.3 Å². The Kier molecular flexibility index (Phi) is 9.12. The Hall–Kier alpha value is -3.79. The number of ether oxygens (including phenoxy) is 4. The lowest BCUT2D eigenvalue weighted by Crippen LogP contribution is -2.10. The molecule has 0 fully saturated rings. The molecule has 31 heavy (non-hydrogen) atoms. The molecule has 0 aliphatic heterocycles. The van der Waals surface area contributed by atoms with Crippen LogP contribution in [0.2, 0.25) is 0 Å². The minimum atomic E-state index is -0.697. The molecule has 0 unspecified atom stereocenters. The highest BCUT2D eigenvalue weighted by Crippen LogP contribution is 2.30. The number of carbonyl (C=O) groups is 2. The standard InChI is InChI=1S/C24H25NO6/c1-4-29-22-15-18(14-19(16-25)24(27)30-5-2)8-12-21(22)31-23(26)13-9-17-6-10-20(28-3)11-7-17/h6-8,10-12,14-15H,4-5,9,13H2,1-3H3/b19-14+. The highest BCUT2D eigenvalue weighted by Gasteiger charge is 2.14. The summed E-state index contributed by atoms with van der Waals surface area (Å²) >= 11 is 0. The summed E-state index contributed by atoms with van der Waals surface area (Å²) < 4.78 is 21.0. The summed E-state index contributed by atoms with van der Waals surface area (Å²) in [6.07, 6.45) is 2.12. The van der Waals surface area contributed by atoms with Crippen molar-refractivity contribution in [2.45, 2.75) is 26.7 Å². The molecule has 0 spiro atoms. The first-order chi connectivity index (χ1) is 15.0. The summed E-state index contributed by atoms with van der Waals surface area (Å²) in [6.45, 7) is 4.00. The minimum Gasteiger partial charge on any atom is -0.497 e. The molecule has 0 bridgehead atoms. The third-order valence-electron chi connectivity index (χ3n) is 4.20. The number of nitriles is 1. The van der Waals surface area contributed by atoms with Crippen LogP contribution in [0, 0.1) is 11.3 Å². The normalized spacial score (nSPS) is 10.7. The average Bonchev–Trinajstić information content (AvgIpc) is 2.78. The van der Waals surface area contributed by atoms with Crippen LogP contribution in [0.4, 0.5) is 0 Å². The van der Waals surface area contributed by atoms with Gasteiger partial charge in [0.15, 0.2) is 11.5 Å². The summed E-state index contributed by atoms with van der Waals surface area (Å²) in [4.78, 5) is 24.1. The number of benzene rings is 2. The fourth-order valence-corrected chi connectivity index (χ4v) is 2.69. The number of hydrogen-bond donors (Lipinski definition) is 0. The molecule has 0 aliphatic carbocycles. The number of carbonyl (C=O) groups excluding carboxylic acids is 2. The molecule has 0 radical (unpaired) electrons. The maximum absolute atomic E-state index is 12.3. The molecule has 2 aromatic rings. The second kappa shape index (κ2) is 12.0. The van der Waals surface area contributed by atoms with E-state index in [1.54, 1.807) is 39.2 Å². The average molecular weight is 423 g/mol. The molecular formula is C24H25NO6. The lowest BCUT2D eigenvalue weighted by molar-refractivity contribution is -0.138. The second-order valence-electron chi connectivity index (χ2n) is 6.35. The van der Waals surface area contributed by atoms with Crippen LogP contribution in [0.1, 0.15) is 31.4 Å². The van der Waals surface area contributed by atoms with E-state index in [0.29, 0.717) is 24.3 Å². The van der Waals surface area contributed by atoms with Crippen LogP contribution in [0.3, 0.4) is 0 Å². The highest BCUT2D eigenvalue weighted by atomic mass is 16.6. The molecule has 0 heterocycles. The molecule has 0 saturated heterocycles. The monoisotopic (exact) mass is 423 g/mol. The van der Waals surface area contributed by atoms with Gasteiger partial charge in [0.2, 0.25) is 0 Å². The quantitative estimate of drug-likeness (QED) is 0.246. The molecule has 0 aromatic heterocycles. The molecule has 0 atom stereocenters. The maximum Gasteiger partial charge on any atom is 0.348 e. The van der Waals surface area contributed by atoms with Gasteiger partial charge in [-0.3, -0.25) is 4.79 Å². The van der Waals surface area contributed by atoms with Crippen molar-refractivity contribution >= 4 is 18.0 Å². The second-order valence-corrected chi connectivity index (χ2v) is 6.35. The fourth-order valence-electron chi connectivity index (χ4n) is 2.69. The Balaban J connectivity index is 2.10. The predicted octanol–water partition coefficient (Wildman–Crippen LogP) is 4.10. The summed E-state index contributed by atoms with van der Waals surface area (Å²) in [7, 11) is 1.60. The first-order valence-electron chi connectivity index (χ1n) is 9.90. The van der Waals surface area contributed by atoms with Crippen molar-refractivity contribution in [3.8, 4) is 23.3 Å². The summed E-state index contributed by atoms with van der Waals surface area (Å²) in [5, 5.41) is 9.19. The first kappa shape index (κ1) is 23.5. The third kappa shape index (κ3) is 7.19. The van der Waals surface area contributed by atoms with E-state index in [0.717, 1.165) is 11.3 Å². The molecule has 2 rings (SSSR count). The molecule has 0 N–H and O–H groups in total. The van der Waals surface area contributed by atoms with Gasteiger partial charge >= 0.3 is 11.9 Å². The summed E-state index contributed by atoms with van der Waals surface area (Å²) in [5.41, 5.74) is 1.41. The molecule has 7 nitrogen and oxygen atoms in total. The van der Waals surface area contributed by atoms with Crippen molar-refractivity contribution in [3.05, 3.63) is 59.2 Å². The van der Waals surface area contributed by atoms with Crippen molar-refractivity contribution in [1.82, 2.24) is 0 Å². The Morgan fingerprint density at radius 3 is 2.39 bits per heavy atom. The molecule has 0 aliphatic rings. The zero-order chi connectivity index (χ0) is 22.6. The van der Waals surface area contributed by atoms with E-state index in [2.05, 4.69) is 0 Å². The predicted molar refractivity (Wildman–Crippen MR) is 115 cm³/mol. The molecule has 162 valence electrons. The zero-order valence-electron chi connectivity index (χ0n) is 17.8. The van der Waals surface area contributed by atoms with Crippen molar-refractivity contribution < 1.29 is 28.5 Å². The van der Waals surface area contributed by atoms with E-state index in [-0.39, 0.29) is 24.4 Å². The smallest absolute Gasteiger partial charge is 0.348 e. The van der Waals surface area contributed by atoms with E-state index < -0.39 is 11.9 Å². The Bertz CT molecular complexity index is 973. The van der Waals surface area contributed by atoms with Gasteiger partial charge in [-0.25, -0.2) is 4.79 Å². The first-order valence-corrected chi connectivity index (χ1v) is 9.90. The summed E-state index contributed by atoms with van der Waals surface area (Å²) in [5.74, 6) is 0.272. The fraction of sp³-hybridized carbons (Fsp3) is 0.292. The molecular weight excluding hydrogens is 398 g/mol. The number of methoxy groups -OCH3 is 1. The summed E-state index contributed by atoms with van der Waals surface area (Å²) in [6, 6.07) is 14.1. The van der Waals surface area contributed by atoms with Gasteiger partial charge in [0.25, 0.3) is 0 Å². The van der Waals surface area contributed by atoms with Crippen LogP contribution in [0.15, 0.2) is 48.0 Å². The highest BCUT2D eigenvalue weighted by molar-refractivity contribution is 5.98. The van der Waals surface area contributed by atoms with Gasteiger partial charge in [-0.15, -0.1) is 0 Å². The molecule has 0 saturated carbocycles. The lowest BCUT2D eigenvalue weighted by atomic mass is 10.1. The Morgan fingerprint density at radius 2 is 1.77 bits per heavy atom. The third-order valence-corrected chi connectivity index (χ3v) is 4.20. The van der Waals surface area contributed by atoms with Gasteiger partial charge < -0.3 is 18.9 Å². The van der Waals surface area contributed by atoms with Crippen LogP contribution in [-0.2, 0) is 20.7 Å². The van der Waals surface area contributed by atoms with E-state index >= 15 is 0 Å². The lowest BCUT2D eigenvalue weighted by Gasteiger charge is -2.12. The maximum atomic E-state index is 12.3. The van der Waals surface area contributed by atoms with E-state index in [4.69, 9.17) is 18.9 Å². The SMILES string of the molecule is CCOC(=O)/C(C#N)=C/c1ccc(OC(=O)CCc2ccc(OC)cc2)c(OCC)c1. The van der Waals surface area contributed by atoms with Gasteiger partial charge in [-0.1, -0.05) is 18.2 Å². The number of rotatable bonds is 10. The number of nitrogens with zero attached hydrogens (tertiary/aromatic N) is 1. The Labute approximate surface area is 181 Å². The largest absolute Gasteiger partial charge is 0.497 e. The number of aryl methyl sites for hydroxylation is 1. The van der Waals surface area contributed by atoms with Crippen LogP contribution >= 0.6 is 0 Å². The van der Waals surface area contributed by atoms with Crippen molar-refractivity contribution in [2.24, 2.45) is 0 Å². The van der Waals surface area contributed by atoms with Crippen LogP contribution in [-0.4, -0.2) is 32.3 Å². The van der Waals surface area contributed by atoms with Gasteiger partial charge in [0, 0.05) is 6.42 Å². The van der Waals surface area contributed by atoms with Gasteiger partial charge in [0.05, 0.1) is 20.3 Å². The topological polar surface area (TPSA) is 94.9 Å². The number of hydrogen-bond acceptors (Lipinski definition) is 7. The van der Waals surface area contributed by atoms with E-state index in [1.165, 1.54) is 6.08 Å². The van der Waals surface area contributed by atoms with Crippen LogP contribution in [0.5, 0.6) is 17.2 Å². The zero-order valence-corrected chi connectivity index (χ0v) is 17.8. The van der Waals surface area contributed by atoms with Crippen molar-refractivity contribution in [3.63, 3.8) is 0 Å². The van der Waals surface area contributed by atoms with Crippen molar-refractivity contribution in [1.29, 1.82) is 5.26 Å². The van der Waals surface area contributed by atoms with Crippen LogP contribution < -0.4 is 14.2 Å². The minimum absolute atomic E-state index is 0.131. The Morgan fingerprint density at radius 1 is 1.03 bits per heavy atom. The van der Waals surface area contributed by atoms with E-state index in [9.17, 15) is 14.9 Å². The van der Waals surface area contributed by atoms with Gasteiger partial charge in [-0.05, 0) is 61.7 Å². The molecule has 0 amide bonds. The van der Waals surface area contributed by atoms with Crippen LogP contribution in [0.25, 0.3) is 6.08 Å².